The zero-order chi connectivity index (χ0) is 23.9. The summed E-state index contributed by atoms with van der Waals surface area (Å²) in [7, 11) is 0. The predicted molar refractivity (Wildman–Crippen MR) is 123 cm³/mol. The molecule has 4 heterocycles. The third-order valence-corrected chi connectivity index (χ3v) is 6.83. The number of alkyl halides is 4. The van der Waals surface area contributed by atoms with Gasteiger partial charge in [0.25, 0.3) is 0 Å². The lowest BCUT2D eigenvalue weighted by atomic mass is 9.85. The average molecular weight is 477 g/mol. The van der Waals surface area contributed by atoms with Gasteiger partial charge in [0, 0.05) is 31.1 Å². The summed E-state index contributed by atoms with van der Waals surface area (Å²) in [6.45, 7) is 2.97. The SMILES string of the molecule is C[C@H]1Cc2c(ccc3[nH]ncc23)C(c2ccc(NC3CN(CCCF)C3)cn2)N1CC(F)(F)F. The Morgan fingerprint density at radius 3 is 2.68 bits per heavy atom. The molecule has 0 aliphatic carbocycles. The van der Waals surface area contributed by atoms with Crippen LogP contribution in [0.3, 0.4) is 0 Å². The first kappa shape index (κ1) is 23.0. The highest BCUT2D eigenvalue weighted by atomic mass is 19.4. The van der Waals surface area contributed by atoms with Crippen molar-refractivity contribution in [2.75, 3.05) is 38.2 Å². The predicted octanol–water partition coefficient (Wildman–Crippen LogP) is 4.31. The van der Waals surface area contributed by atoms with Gasteiger partial charge in [0.15, 0.2) is 0 Å². The van der Waals surface area contributed by atoms with E-state index in [1.807, 2.05) is 31.2 Å². The van der Waals surface area contributed by atoms with Gasteiger partial charge >= 0.3 is 6.18 Å². The molecule has 2 aliphatic heterocycles. The fourth-order valence-corrected chi connectivity index (χ4v) is 5.22. The van der Waals surface area contributed by atoms with Crippen molar-refractivity contribution in [1.29, 1.82) is 0 Å². The monoisotopic (exact) mass is 476 g/mol. The van der Waals surface area contributed by atoms with Gasteiger partial charge < -0.3 is 5.32 Å². The molecule has 0 saturated carbocycles. The molecule has 1 fully saturated rings. The van der Waals surface area contributed by atoms with Gasteiger partial charge in [0.05, 0.1) is 54.6 Å². The van der Waals surface area contributed by atoms with E-state index in [1.54, 1.807) is 12.4 Å². The van der Waals surface area contributed by atoms with Gasteiger partial charge in [-0.05, 0) is 49.1 Å². The number of halogens is 4. The van der Waals surface area contributed by atoms with Crippen LogP contribution in [-0.2, 0) is 6.42 Å². The van der Waals surface area contributed by atoms with Crippen LogP contribution in [0, 0.1) is 0 Å². The van der Waals surface area contributed by atoms with Crippen molar-refractivity contribution in [3.05, 3.63) is 53.5 Å². The summed E-state index contributed by atoms with van der Waals surface area (Å²) in [4.78, 5) is 8.29. The molecule has 0 amide bonds. The second-order valence-corrected chi connectivity index (χ2v) is 9.32. The van der Waals surface area contributed by atoms with Crippen molar-refractivity contribution in [3.63, 3.8) is 0 Å². The smallest absolute Gasteiger partial charge is 0.378 e. The number of hydrogen-bond donors (Lipinski definition) is 2. The highest BCUT2D eigenvalue weighted by molar-refractivity contribution is 5.83. The lowest BCUT2D eigenvalue weighted by Gasteiger charge is -2.42. The zero-order valence-corrected chi connectivity index (χ0v) is 18.9. The number of fused-ring (bicyclic) bond motifs is 3. The molecule has 2 aliphatic rings. The third kappa shape index (κ3) is 4.61. The first-order valence-electron chi connectivity index (χ1n) is 11.6. The normalized spacial score (nSPS) is 22.0. The van der Waals surface area contributed by atoms with Crippen LogP contribution < -0.4 is 5.32 Å². The van der Waals surface area contributed by atoms with E-state index in [1.165, 1.54) is 4.90 Å². The maximum absolute atomic E-state index is 13.5. The molecule has 2 aromatic heterocycles. The van der Waals surface area contributed by atoms with Crippen LogP contribution in [0.15, 0.2) is 36.7 Å². The van der Waals surface area contributed by atoms with Crippen molar-refractivity contribution >= 4 is 16.6 Å². The van der Waals surface area contributed by atoms with E-state index >= 15 is 0 Å². The highest BCUT2D eigenvalue weighted by Gasteiger charge is 2.41. The molecule has 6 nitrogen and oxygen atoms in total. The summed E-state index contributed by atoms with van der Waals surface area (Å²) in [5, 5.41) is 11.4. The molecule has 0 bridgehead atoms. The van der Waals surface area contributed by atoms with Gasteiger partial charge in [0.2, 0.25) is 0 Å². The van der Waals surface area contributed by atoms with Gasteiger partial charge in [-0.25, -0.2) is 0 Å². The van der Waals surface area contributed by atoms with E-state index in [4.69, 9.17) is 0 Å². The van der Waals surface area contributed by atoms with Crippen molar-refractivity contribution in [3.8, 4) is 0 Å². The number of nitrogens with one attached hydrogen (secondary N) is 2. The molecule has 2 N–H and O–H groups in total. The van der Waals surface area contributed by atoms with Gasteiger partial charge in [0.1, 0.15) is 0 Å². The Labute approximate surface area is 195 Å². The summed E-state index contributed by atoms with van der Waals surface area (Å²) in [6, 6.07) is 6.81. The number of aromatic amines is 1. The lowest BCUT2D eigenvalue weighted by Crippen LogP contribution is -2.54. The van der Waals surface area contributed by atoms with E-state index in [9.17, 15) is 17.6 Å². The minimum Gasteiger partial charge on any atom is -0.378 e. The summed E-state index contributed by atoms with van der Waals surface area (Å²) < 4.78 is 52.9. The number of hydrogen-bond acceptors (Lipinski definition) is 5. The molecule has 34 heavy (non-hydrogen) atoms. The molecular formula is C24H28F4N6. The van der Waals surface area contributed by atoms with Gasteiger partial charge in [-0.3, -0.25) is 24.3 Å². The zero-order valence-electron chi connectivity index (χ0n) is 18.9. The first-order valence-corrected chi connectivity index (χ1v) is 11.6. The highest BCUT2D eigenvalue weighted by Crippen LogP contribution is 2.41. The largest absolute Gasteiger partial charge is 0.401 e. The van der Waals surface area contributed by atoms with E-state index in [0.717, 1.165) is 47.4 Å². The van der Waals surface area contributed by atoms with E-state index < -0.39 is 18.8 Å². The van der Waals surface area contributed by atoms with Crippen LogP contribution in [0.5, 0.6) is 0 Å². The van der Waals surface area contributed by atoms with E-state index in [-0.39, 0.29) is 18.8 Å². The van der Waals surface area contributed by atoms with Crippen LogP contribution in [0.1, 0.15) is 36.2 Å². The van der Waals surface area contributed by atoms with Crippen LogP contribution in [0.2, 0.25) is 0 Å². The summed E-state index contributed by atoms with van der Waals surface area (Å²) in [5.74, 6) is 0. The number of rotatable bonds is 7. The molecule has 182 valence electrons. The third-order valence-electron chi connectivity index (χ3n) is 6.83. The van der Waals surface area contributed by atoms with Crippen molar-refractivity contribution < 1.29 is 17.6 Å². The Hall–Kier alpha value is -2.72. The molecule has 3 aromatic rings. The number of benzene rings is 1. The standard InChI is InChI=1S/C24H28F4N6/c1-15-9-19-18(4-6-21-20(19)11-30-32-21)23(34(15)14-24(26,27)28)22-5-3-16(10-29-22)31-17-12-33(13-17)8-2-7-25/h3-6,10-11,15,17,23,31H,2,7-9,12-14H2,1H3,(H,30,32)/t15-,23?/m0/s1. The van der Waals surface area contributed by atoms with E-state index in [2.05, 4.69) is 25.4 Å². The van der Waals surface area contributed by atoms with Crippen molar-refractivity contribution in [1.82, 2.24) is 25.0 Å². The number of nitrogens with zero attached hydrogens (tertiary/aromatic N) is 4. The van der Waals surface area contributed by atoms with Crippen LogP contribution >= 0.6 is 0 Å². The Kier molecular flexibility index (Phi) is 6.20. The quantitative estimate of drug-likeness (QED) is 0.498. The fraction of sp³-hybridized carbons (Fsp3) is 0.500. The van der Waals surface area contributed by atoms with Crippen molar-refractivity contribution in [2.45, 2.75) is 44.1 Å². The average Bonchev–Trinajstić information content (AvgIpc) is 3.25. The van der Waals surface area contributed by atoms with Gasteiger partial charge in [-0.2, -0.15) is 18.3 Å². The van der Waals surface area contributed by atoms with Gasteiger partial charge in [-0.1, -0.05) is 6.07 Å². The molecule has 5 rings (SSSR count). The minimum absolute atomic E-state index is 0.263. The van der Waals surface area contributed by atoms with Gasteiger partial charge in [-0.15, -0.1) is 0 Å². The van der Waals surface area contributed by atoms with Crippen molar-refractivity contribution in [2.24, 2.45) is 0 Å². The molecule has 1 unspecified atom stereocenters. The second-order valence-electron chi connectivity index (χ2n) is 9.32. The first-order chi connectivity index (χ1) is 16.3. The fourth-order valence-electron chi connectivity index (χ4n) is 5.22. The Bertz CT molecular complexity index is 1120. The number of aromatic nitrogens is 3. The number of anilines is 1. The number of H-pyrrole nitrogens is 1. The molecular weight excluding hydrogens is 448 g/mol. The number of likely N-dealkylation sites (tertiary alicyclic amines) is 1. The maximum atomic E-state index is 13.5. The minimum atomic E-state index is -4.32. The number of pyridine rings is 1. The summed E-state index contributed by atoms with van der Waals surface area (Å²) >= 11 is 0. The molecule has 1 aromatic carbocycles. The lowest BCUT2D eigenvalue weighted by molar-refractivity contribution is -0.155. The maximum Gasteiger partial charge on any atom is 0.401 e. The van der Waals surface area contributed by atoms with E-state index in [0.29, 0.717) is 18.5 Å². The summed E-state index contributed by atoms with van der Waals surface area (Å²) in [5.41, 5.74) is 4.16. The molecule has 0 radical (unpaired) electrons. The molecule has 10 heteroatoms. The molecule has 1 saturated heterocycles. The second kappa shape index (κ2) is 9.14. The van der Waals surface area contributed by atoms with Crippen LogP contribution in [0.4, 0.5) is 23.2 Å². The Morgan fingerprint density at radius 1 is 1.15 bits per heavy atom. The Balaban J connectivity index is 1.40. The summed E-state index contributed by atoms with van der Waals surface area (Å²) in [6.07, 6.45) is 0.181. The molecule has 2 atom stereocenters. The van der Waals surface area contributed by atoms with Crippen LogP contribution in [-0.4, -0.2) is 76.1 Å². The molecule has 0 spiro atoms. The van der Waals surface area contributed by atoms with Crippen LogP contribution in [0.25, 0.3) is 10.9 Å². The topological polar surface area (TPSA) is 60.1 Å². The Morgan fingerprint density at radius 2 is 1.97 bits per heavy atom.